The highest BCUT2D eigenvalue weighted by Gasteiger charge is 2.31. The second-order valence-corrected chi connectivity index (χ2v) is 10.6. The molecule has 1 aliphatic carbocycles. The lowest BCUT2D eigenvalue weighted by Gasteiger charge is -2.28. The summed E-state index contributed by atoms with van der Waals surface area (Å²) < 4.78 is 0. The summed E-state index contributed by atoms with van der Waals surface area (Å²) in [6, 6.07) is 9.18. The largest absolute Gasteiger partial charge is 0.108 e. The predicted octanol–water partition coefficient (Wildman–Crippen LogP) is 4.36. The minimum atomic E-state index is -1.48. The van der Waals surface area contributed by atoms with Gasteiger partial charge in [0.05, 0.1) is 0 Å². The van der Waals surface area contributed by atoms with Crippen LogP contribution in [-0.4, -0.2) is 8.07 Å². The molecule has 1 aromatic carbocycles. The summed E-state index contributed by atoms with van der Waals surface area (Å²) in [5, 5.41) is 3.28. The monoisotopic (exact) mass is 256 g/mol. The molecule has 0 radical (unpaired) electrons. The Balaban J connectivity index is 2.43. The summed E-state index contributed by atoms with van der Waals surface area (Å²) in [6.45, 7) is 11.8. The molecule has 0 fully saturated rings. The van der Waals surface area contributed by atoms with Crippen LogP contribution in [0.4, 0.5) is 0 Å². The first-order chi connectivity index (χ1) is 8.43. The van der Waals surface area contributed by atoms with Gasteiger partial charge in [-0.25, -0.2) is 0 Å². The summed E-state index contributed by atoms with van der Waals surface area (Å²) in [7, 11) is -1.48. The molecule has 0 unspecified atom stereocenters. The molecule has 2 rings (SSSR count). The number of benzene rings is 1. The van der Waals surface area contributed by atoms with Crippen molar-refractivity contribution in [1.82, 2.24) is 0 Å². The second-order valence-electron chi connectivity index (χ2n) is 6.19. The van der Waals surface area contributed by atoms with Crippen LogP contribution >= 0.6 is 0 Å². The van der Waals surface area contributed by atoms with Crippen molar-refractivity contribution in [3.63, 3.8) is 0 Å². The zero-order valence-electron chi connectivity index (χ0n) is 12.2. The topological polar surface area (TPSA) is 0 Å². The van der Waals surface area contributed by atoms with Crippen molar-refractivity contribution in [2.45, 2.75) is 40.3 Å². The summed E-state index contributed by atoms with van der Waals surface area (Å²) in [6.07, 6.45) is 5.86. The van der Waals surface area contributed by atoms with Gasteiger partial charge in [-0.05, 0) is 24.8 Å². The molecule has 1 aliphatic rings. The van der Waals surface area contributed by atoms with Crippen molar-refractivity contribution >= 4 is 13.3 Å². The van der Waals surface area contributed by atoms with Gasteiger partial charge in [-0.2, -0.15) is 0 Å². The lowest BCUT2D eigenvalue weighted by molar-refractivity contribution is 0.789. The summed E-state index contributed by atoms with van der Waals surface area (Å²) in [5.74, 6) is 0.649. The van der Waals surface area contributed by atoms with Gasteiger partial charge in [0.25, 0.3) is 0 Å². The van der Waals surface area contributed by atoms with E-state index in [2.05, 4.69) is 70.3 Å². The maximum Gasteiger partial charge on any atom is 0.108 e. The Morgan fingerprint density at radius 1 is 1.06 bits per heavy atom. The highest BCUT2D eigenvalue weighted by Crippen LogP contribution is 2.32. The first-order valence-corrected chi connectivity index (χ1v) is 9.90. The third kappa shape index (κ3) is 2.37. The summed E-state index contributed by atoms with van der Waals surface area (Å²) in [5.41, 5.74) is 2.94. The van der Waals surface area contributed by atoms with Gasteiger partial charge in [0.15, 0.2) is 0 Å². The third-order valence-electron chi connectivity index (χ3n) is 4.12. The van der Waals surface area contributed by atoms with E-state index in [1.165, 1.54) is 12.0 Å². The molecular weight excluding hydrogens is 232 g/mol. The van der Waals surface area contributed by atoms with E-state index in [1.807, 2.05) is 0 Å². The molecule has 0 atom stereocenters. The quantitative estimate of drug-likeness (QED) is 0.705. The normalized spacial score (nSPS) is 15.9. The fraction of sp³-hybridized carbons (Fsp3) is 0.412. The molecule has 0 saturated carbocycles. The molecule has 0 amide bonds. The molecule has 0 heterocycles. The third-order valence-corrected chi connectivity index (χ3v) is 7.90. The number of rotatable bonds is 3. The molecular formula is C17H24Si. The minimum absolute atomic E-state index is 0.649. The Kier molecular flexibility index (Phi) is 3.63. The lowest BCUT2D eigenvalue weighted by Crippen LogP contribution is -2.44. The first kappa shape index (κ1) is 13.4. The first-order valence-electron chi connectivity index (χ1n) is 6.90. The van der Waals surface area contributed by atoms with Gasteiger partial charge in [0.1, 0.15) is 8.07 Å². The van der Waals surface area contributed by atoms with Crippen LogP contribution < -0.4 is 5.19 Å². The fourth-order valence-electron chi connectivity index (χ4n) is 2.82. The van der Waals surface area contributed by atoms with Crippen LogP contribution in [0.15, 0.2) is 47.2 Å². The zero-order chi connectivity index (χ0) is 13.3. The summed E-state index contributed by atoms with van der Waals surface area (Å²) >= 11 is 0. The van der Waals surface area contributed by atoms with E-state index >= 15 is 0 Å². The van der Waals surface area contributed by atoms with Crippen molar-refractivity contribution in [3.05, 3.63) is 52.8 Å². The van der Waals surface area contributed by atoms with Crippen molar-refractivity contribution in [2.75, 3.05) is 0 Å². The van der Waals surface area contributed by atoms with Crippen LogP contribution in [0.1, 0.15) is 25.8 Å². The number of hydrogen-bond acceptors (Lipinski definition) is 0. The van der Waals surface area contributed by atoms with E-state index in [4.69, 9.17) is 0 Å². The summed E-state index contributed by atoms with van der Waals surface area (Å²) in [4.78, 5) is 0. The van der Waals surface area contributed by atoms with Crippen LogP contribution in [0, 0.1) is 12.8 Å². The maximum atomic E-state index is 2.49. The maximum absolute atomic E-state index is 2.49. The Labute approximate surface area is 112 Å². The average Bonchev–Trinajstić information content (AvgIpc) is 2.79. The molecule has 0 aliphatic heterocycles. The van der Waals surface area contributed by atoms with Crippen molar-refractivity contribution < 1.29 is 0 Å². The van der Waals surface area contributed by atoms with Gasteiger partial charge < -0.3 is 0 Å². The molecule has 0 saturated heterocycles. The van der Waals surface area contributed by atoms with E-state index in [-0.39, 0.29) is 0 Å². The van der Waals surface area contributed by atoms with E-state index in [9.17, 15) is 0 Å². The van der Waals surface area contributed by atoms with Gasteiger partial charge in [-0.3, -0.25) is 0 Å². The second kappa shape index (κ2) is 4.89. The number of hydrogen-bond donors (Lipinski definition) is 0. The van der Waals surface area contributed by atoms with E-state index in [0.717, 1.165) is 0 Å². The molecule has 0 nitrogen and oxygen atoms in total. The van der Waals surface area contributed by atoms with Gasteiger partial charge in [0.2, 0.25) is 0 Å². The van der Waals surface area contributed by atoms with E-state index in [1.54, 1.807) is 16.0 Å². The average molecular weight is 256 g/mol. The zero-order valence-corrected chi connectivity index (χ0v) is 13.2. The van der Waals surface area contributed by atoms with E-state index < -0.39 is 8.07 Å². The smallest absolute Gasteiger partial charge is 0.0806 e. The molecule has 1 aromatic rings. The highest BCUT2D eigenvalue weighted by atomic mass is 28.3. The number of aryl methyl sites for hydroxylation is 1. The van der Waals surface area contributed by atoms with Crippen LogP contribution in [0.3, 0.4) is 0 Å². The SMILES string of the molecule is Cc1ccc([Si](C)(C)C2=C(C(C)C)C=CC2)cc1. The molecule has 0 N–H and O–H groups in total. The molecule has 0 aromatic heterocycles. The molecule has 96 valence electrons. The van der Waals surface area contributed by atoms with E-state index in [0.29, 0.717) is 5.92 Å². The van der Waals surface area contributed by atoms with Gasteiger partial charge in [-0.1, -0.05) is 79.3 Å². The number of allylic oxidation sites excluding steroid dienone is 4. The van der Waals surface area contributed by atoms with Crippen molar-refractivity contribution in [3.8, 4) is 0 Å². The molecule has 0 bridgehead atoms. The molecule has 0 spiro atoms. The Morgan fingerprint density at radius 3 is 2.22 bits per heavy atom. The van der Waals surface area contributed by atoms with Crippen LogP contribution in [-0.2, 0) is 0 Å². The Morgan fingerprint density at radius 2 is 1.67 bits per heavy atom. The van der Waals surface area contributed by atoms with Gasteiger partial charge in [0, 0.05) is 0 Å². The van der Waals surface area contributed by atoms with Crippen LogP contribution in [0.5, 0.6) is 0 Å². The molecule has 18 heavy (non-hydrogen) atoms. The van der Waals surface area contributed by atoms with Crippen LogP contribution in [0.2, 0.25) is 13.1 Å². The highest BCUT2D eigenvalue weighted by molar-refractivity contribution is 6.95. The van der Waals surface area contributed by atoms with Gasteiger partial charge >= 0.3 is 0 Å². The van der Waals surface area contributed by atoms with Crippen LogP contribution in [0.25, 0.3) is 0 Å². The van der Waals surface area contributed by atoms with Gasteiger partial charge in [-0.15, -0.1) is 0 Å². The lowest BCUT2D eigenvalue weighted by atomic mass is 10.1. The van der Waals surface area contributed by atoms with Crippen molar-refractivity contribution in [1.29, 1.82) is 0 Å². The minimum Gasteiger partial charge on any atom is -0.0806 e. The Bertz CT molecular complexity index is 487. The van der Waals surface area contributed by atoms with Crippen molar-refractivity contribution in [2.24, 2.45) is 5.92 Å². The fourth-order valence-corrected chi connectivity index (χ4v) is 5.89. The Hall–Kier alpha value is -1.08. The predicted molar refractivity (Wildman–Crippen MR) is 83.9 cm³/mol. The molecule has 1 heteroatoms. The standard InChI is InChI=1S/C17H24Si/c1-13(2)16-7-6-8-17(16)18(4,5)15-11-9-14(3)10-12-15/h6-7,9-13H,8H2,1-5H3.